The molecule has 31 heavy (non-hydrogen) atoms. The molecule has 0 spiro atoms. The van der Waals surface area contributed by atoms with Crippen LogP contribution in [0.2, 0.25) is 5.02 Å². The van der Waals surface area contributed by atoms with Crippen LogP contribution in [0, 0.1) is 0 Å². The van der Waals surface area contributed by atoms with E-state index in [9.17, 15) is 0 Å². The molecule has 0 radical (unpaired) electrons. The molecular weight excluding hydrogens is 430 g/mol. The number of nitrogens with zero attached hydrogens (tertiary/aromatic N) is 5. The summed E-state index contributed by atoms with van der Waals surface area (Å²) < 4.78 is 7.72. The van der Waals surface area contributed by atoms with Gasteiger partial charge in [0.05, 0.1) is 10.8 Å². The molecule has 2 aromatic carbocycles. The Kier molecular flexibility index (Phi) is 6.04. The maximum Gasteiger partial charge on any atom is 0.237 e. The van der Waals surface area contributed by atoms with Crippen LogP contribution in [0.25, 0.3) is 11.4 Å². The van der Waals surface area contributed by atoms with Crippen LogP contribution < -0.4 is 0 Å². The van der Waals surface area contributed by atoms with Gasteiger partial charge in [-0.2, -0.15) is 4.98 Å². The quantitative estimate of drug-likeness (QED) is 0.322. The van der Waals surface area contributed by atoms with E-state index < -0.39 is 0 Å². The van der Waals surface area contributed by atoms with E-state index in [1.165, 1.54) is 12.8 Å². The molecule has 0 bridgehead atoms. The molecule has 1 aliphatic carbocycles. The first-order valence-corrected chi connectivity index (χ1v) is 11.8. The van der Waals surface area contributed by atoms with Crippen LogP contribution in [0.3, 0.4) is 0 Å². The minimum absolute atomic E-state index is 0.389. The fraction of sp³-hybridized carbons (Fsp3) is 0.304. The molecule has 0 aliphatic heterocycles. The lowest BCUT2D eigenvalue weighted by Crippen LogP contribution is -2.08. The Morgan fingerprint density at radius 3 is 2.58 bits per heavy atom. The summed E-state index contributed by atoms with van der Waals surface area (Å²) in [5.41, 5.74) is 2.08. The summed E-state index contributed by atoms with van der Waals surface area (Å²) in [7, 11) is 0. The van der Waals surface area contributed by atoms with Gasteiger partial charge in [-0.05, 0) is 30.5 Å². The molecule has 158 valence electrons. The largest absolute Gasteiger partial charge is 0.338 e. The maximum atomic E-state index is 6.47. The van der Waals surface area contributed by atoms with Crippen molar-refractivity contribution in [3.8, 4) is 11.4 Å². The summed E-state index contributed by atoms with van der Waals surface area (Å²) >= 11 is 8.05. The van der Waals surface area contributed by atoms with Crippen molar-refractivity contribution in [2.45, 2.75) is 49.1 Å². The zero-order valence-electron chi connectivity index (χ0n) is 16.9. The molecule has 2 heterocycles. The molecule has 6 nitrogen and oxygen atoms in total. The Morgan fingerprint density at radius 1 is 1.00 bits per heavy atom. The summed E-state index contributed by atoms with van der Waals surface area (Å²) in [6, 6.07) is 18.3. The lowest BCUT2D eigenvalue weighted by Gasteiger charge is -2.17. The summed E-state index contributed by atoms with van der Waals surface area (Å²) in [4.78, 5) is 4.55. The zero-order valence-corrected chi connectivity index (χ0v) is 18.5. The van der Waals surface area contributed by atoms with E-state index in [2.05, 4.69) is 37.0 Å². The average Bonchev–Trinajstić information content (AvgIpc) is 3.54. The molecule has 0 atom stereocenters. The molecule has 1 aliphatic rings. The van der Waals surface area contributed by atoms with E-state index in [1.54, 1.807) is 11.8 Å². The van der Waals surface area contributed by atoms with Crippen LogP contribution in [-0.4, -0.2) is 24.9 Å². The molecule has 0 unspecified atom stereocenters. The third-order valence-corrected chi connectivity index (χ3v) is 6.77. The first-order chi connectivity index (χ1) is 15.3. The molecule has 0 amide bonds. The fourth-order valence-corrected chi connectivity index (χ4v) is 5.08. The van der Waals surface area contributed by atoms with Crippen LogP contribution in [0.1, 0.15) is 49.0 Å². The van der Waals surface area contributed by atoms with Gasteiger partial charge in [0.25, 0.3) is 0 Å². The number of rotatable bonds is 7. The number of hydrogen-bond acceptors (Lipinski definition) is 6. The van der Waals surface area contributed by atoms with Crippen LogP contribution in [-0.2, 0) is 12.2 Å². The van der Waals surface area contributed by atoms with Crippen LogP contribution in [0.15, 0.2) is 64.3 Å². The van der Waals surface area contributed by atoms with Crippen molar-refractivity contribution in [1.29, 1.82) is 0 Å². The predicted octanol–water partition coefficient (Wildman–Crippen LogP) is 5.98. The van der Waals surface area contributed by atoms with Gasteiger partial charge in [-0.25, -0.2) is 0 Å². The Morgan fingerprint density at radius 2 is 1.77 bits per heavy atom. The van der Waals surface area contributed by atoms with Crippen molar-refractivity contribution in [2.75, 3.05) is 0 Å². The lowest BCUT2D eigenvalue weighted by atomic mass is 10.1. The first kappa shape index (κ1) is 20.3. The molecule has 5 rings (SSSR count). The first-order valence-electron chi connectivity index (χ1n) is 10.5. The molecule has 8 heteroatoms. The topological polar surface area (TPSA) is 69.6 Å². The third kappa shape index (κ3) is 4.52. The van der Waals surface area contributed by atoms with Gasteiger partial charge in [-0.15, -0.1) is 10.2 Å². The number of benzene rings is 2. The Labute approximate surface area is 190 Å². The standard InChI is InChI=1S/C23H22ClN5OS/c24-19-13-7-6-12-18(19)22-26-27-23(29(22)17-10-4-5-11-17)31-15-21-25-20(28-30-21)14-16-8-2-1-3-9-16/h1-3,6-9,12-13,17H,4-5,10-11,14-15H2. The SMILES string of the molecule is Clc1ccccc1-c1nnc(SCc2nc(Cc3ccccc3)no2)n1C1CCCC1. The predicted molar refractivity (Wildman–Crippen MR) is 121 cm³/mol. The van der Waals surface area contributed by atoms with Crippen LogP contribution >= 0.6 is 23.4 Å². The van der Waals surface area contributed by atoms with Crippen molar-refractivity contribution in [3.63, 3.8) is 0 Å². The highest BCUT2D eigenvalue weighted by Gasteiger charge is 2.26. The van der Waals surface area contributed by atoms with Crippen LogP contribution in [0.4, 0.5) is 0 Å². The maximum absolute atomic E-state index is 6.47. The Bertz CT molecular complexity index is 1150. The molecule has 1 saturated carbocycles. The molecule has 4 aromatic rings. The van der Waals surface area contributed by atoms with Crippen molar-refractivity contribution in [2.24, 2.45) is 0 Å². The van der Waals surface area contributed by atoms with Gasteiger partial charge in [0.2, 0.25) is 5.89 Å². The second kappa shape index (κ2) is 9.24. The zero-order chi connectivity index (χ0) is 21.0. The second-order valence-electron chi connectivity index (χ2n) is 7.65. The van der Waals surface area contributed by atoms with Crippen molar-refractivity contribution in [3.05, 3.63) is 76.9 Å². The van der Waals surface area contributed by atoms with Gasteiger partial charge in [-0.3, -0.25) is 4.57 Å². The summed E-state index contributed by atoms with van der Waals surface area (Å²) in [6.45, 7) is 0. The van der Waals surface area contributed by atoms with Crippen molar-refractivity contribution in [1.82, 2.24) is 24.9 Å². The monoisotopic (exact) mass is 451 g/mol. The van der Waals surface area contributed by atoms with Gasteiger partial charge < -0.3 is 4.52 Å². The third-order valence-electron chi connectivity index (χ3n) is 5.51. The Balaban J connectivity index is 1.35. The molecule has 0 N–H and O–H groups in total. The van der Waals surface area contributed by atoms with Gasteiger partial charge in [0.1, 0.15) is 0 Å². The van der Waals surface area contributed by atoms with E-state index in [-0.39, 0.29) is 0 Å². The van der Waals surface area contributed by atoms with Crippen LogP contribution in [0.5, 0.6) is 0 Å². The van der Waals surface area contributed by atoms with Gasteiger partial charge in [-0.1, -0.05) is 83.8 Å². The smallest absolute Gasteiger partial charge is 0.237 e. The summed E-state index contributed by atoms with van der Waals surface area (Å²) in [6.07, 6.45) is 5.36. The highest BCUT2D eigenvalue weighted by molar-refractivity contribution is 7.98. The van der Waals surface area contributed by atoms with Crippen molar-refractivity contribution >= 4 is 23.4 Å². The summed E-state index contributed by atoms with van der Waals surface area (Å²) in [5, 5.41) is 14.7. The van der Waals surface area contributed by atoms with Gasteiger partial charge >= 0.3 is 0 Å². The normalized spacial score (nSPS) is 14.4. The van der Waals surface area contributed by atoms with Gasteiger partial charge in [0, 0.05) is 18.0 Å². The van der Waals surface area contributed by atoms with E-state index in [0.29, 0.717) is 35.0 Å². The van der Waals surface area contributed by atoms with E-state index in [1.807, 2.05) is 42.5 Å². The number of aromatic nitrogens is 5. The Hall–Kier alpha value is -2.64. The molecular formula is C23H22ClN5OS. The highest BCUT2D eigenvalue weighted by Crippen LogP contribution is 2.38. The summed E-state index contributed by atoms with van der Waals surface area (Å²) in [5.74, 6) is 2.66. The lowest BCUT2D eigenvalue weighted by molar-refractivity contribution is 0.385. The minimum atomic E-state index is 0.389. The van der Waals surface area contributed by atoms with Crippen molar-refractivity contribution < 1.29 is 4.52 Å². The second-order valence-corrected chi connectivity index (χ2v) is 9.00. The minimum Gasteiger partial charge on any atom is -0.338 e. The van der Waals surface area contributed by atoms with Gasteiger partial charge in [0.15, 0.2) is 16.8 Å². The number of halogens is 1. The molecule has 0 saturated heterocycles. The number of hydrogen-bond donors (Lipinski definition) is 0. The molecule has 1 fully saturated rings. The number of thioether (sulfide) groups is 1. The molecule has 2 aromatic heterocycles. The van der Waals surface area contributed by atoms with E-state index in [0.717, 1.165) is 34.9 Å². The van der Waals surface area contributed by atoms with E-state index in [4.69, 9.17) is 16.1 Å². The highest BCUT2D eigenvalue weighted by atomic mass is 35.5. The average molecular weight is 452 g/mol. The fourth-order valence-electron chi connectivity index (χ4n) is 4.02. The van der Waals surface area contributed by atoms with E-state index >= 15 is 0 Å².